The standard InChI is InChI=1S/C18H15BrN2O4.C18H15BrN2O3S.CH4/c1-24-12-4-2-3-10(7-12)15-9-18(16(22)20-17(23)21-18)13-8-11(19)5-6-14(13)25-15;1-23-12-4-2-3-10(7-12)15-9-18(16(22)20-17(25)21-18)13-8-11(19)5-6-14(13)24-15;/h2-8,15H,9H2,1H3,(H2,20,21,22,23);2-8,15H,9H2,1H3,(H2,20,21,22,25);1H4. The third-order valence-corrected chi connectivity index (χ3v) is 10.3. The third-order valence-electron chi connectivity index (χ3n) is 9.14. The van der Waals surface area contributed by atoms with Crippen LogP contribution in [0.5, 0.6) is 23.0 Å². The number of carbonyl (C=O) groups excluding carboxylic acids is 3. The molecule has 0 saturated carbocycles. The first-order valence-electron chi connectivity index (χ1n) is 15.5. The lowest BCUT2D eigenvalue weighted by atomic mass is 9.80. The number of hydrogen-bond donors (Lipinski definition) is 4. The van der Waals surface area contributed by atoms with E-state index in [2.05, 4.69) is 53.1 Å². The van der Waals surface area contributed by atoms with Crippen LogP contribution in [-0.4, -0.2) is 37.2 Å². The zero-order valence-electron chi connectivity index (χ0n) is 26.7. The van der Waals surface area contributed by atoms with Crippen molar-refractivity contribution in [2.75, 3.05) is 14.2 Å². The van der Waals surface area contributed by atoms with Gasteiger partial charge in [0.05, 0.1) is 14.2 Å². The molecule has 2 fully saturated rings. The fourth-order valence-electron chi connectivity index (χ4n) is 6.75. The Morgan fingerprint density at radius 2 is 1.16 bits per heavy atom. The number of imide groups is 1. The van der Waals surface area contributed by atoms with Gasteiger partial charge in [-0.25, -0.2) is 4.79 Å². The van der Waals surface area contributed by atoms with E-state index < -0.39 is 23.2 Å². The van der Waals surface area contributed by atoms with Gasteiger partial charge >= 0.3 is 6.03 Å². The van der Waals surface area contributed by atoms with Crippen LogP contribution < -0.4 is 40.2 Å². The van der Waals surface area contributed by atoms with E-state index in [0.29, 0.717) is 40.8 Å². The number of nitrogens with one attached hydrogen (secondary N) is 4. The van der Waals surface area contributed by atoms with Gasteiger partial charge in [0.1, 0.15) is 35.2 Å². The van der Waals surface area contributed by atoms with Crippen LogP contribution in [0.2, 0.25) is 0 Å². The second kappa shape index (κ2) is 14.2. The van der Waals surface area contributed by atoms with Gasteiger partial charge in [-0.05, 0) is 84.0 Å². The van der Waals surface area contributed by atoms with Gasteiger partial charge in [0, 0.05) is 32.9 Å². The van der Waals surface area contributed by atoms with Crippen molar-refractivity contribution in [3.05, 3.63) is 116 Å². The van der Waals surface area contributed by atoms with Crippen molar-refractivity contribution in [2.45, 2.75) is 43.6 Å². The maximum Gasteiger partial charge on any atom is 0.322 e. The molecule has 8 rings (SSSR count). The highest BCUT2D eigenvalue weighted by molar-refractivity contribution is 9.10. The van der Waals surface area contributed by atoms with Crippen molar-refractivity contribution in [3.63, 3.8) is 0 Å². The molecule has 2 saturated heterocycles. The molecule has 0 aromatic heterocycles. The number of hydrogen-bond acceptors (Lipinski definition) is 8. The summed E-state index contributed by atoms with van der Waals surface area (Å²) in [6.07, 6.45) is 0.0208. The monoisotopic (exact) mass is 836 g/mol. The molecule has 4 N–H and O–H groups in total. The Bertz CT molecular complexity index is 1920. The number of halogens is 2. The number of carbonyl (C=O) groups is 3. The zero-order chi connectivity index (χ0) is 35.2. The van der Waals surface area contributed by atoms with Gasteiger partial charge in [0.15, 0.2) is 16.2 Å². The minimum Gasteiger partial charge on any atom is -0.497 e. The lowest BCUT2D eigenvalue weighted by molar-refractivity contribution is -0.126. The van der Waals surface area contributed by atoms with Crippen LogP contribution >= 0.6 is 44.1 Å². The molecule has 264 valence electrons. The maximum atomic E-state index is 12.8. The van der Waals surface area contributed by atoms with E-state index in [1.807, 2.05) is 78.9 Å². The molecule has 11 nitrogen and oxygen atoms in total. The fraction of sp³-hybridized carbons (Fsp3) is 0.243. The molecule has 4 heterocycles. The van der Waals surface area contributed by atoms with Crippen LogP contribution in [-0.2, 0) is 20.7 Å². The molecule has 51 heavy (non-hydrogen) atoms. The first-order chi connectivity index (χ1) is 24.0. The first kappa shape index (κ1) is 36.1. The molecule has 4 unspecified atom stereocenters. The lowest BCUT2D eigenvalue weighted by Crippen LogP contribution is -2.48. The lowest BCUT2D eigenvalue weighted by Gasteiger charge is -2.38. The SMILES string of the molecule is C.COc1cccc(C2CC3(NC(=O)NC3=O)c3cc(Br)ccc3O2)c1.COc1cccc(C2CC3(NC(=S)NC3=O)c3cc(Br)ccc3O2)c1. The van der Waals surface area contributed by atoms with Crippen molar-refractivity contribution < 1.29 is 33.3 Å². The minimum absolute atomic E-state index is 0. The Balaban J connectivity index is 0.000000172. The van der Waals surface area contributed by atoms with Crippen LogP contribution in [0.1, 0.15) is 54.7 Å². The number of rotatable bonds is 4. The molecular formula is C37H34Br2N4O7S. The number of urea groups is 1. The molecule has 4 aliphatic rings. The van der Waals surface area contributed by atoms with Crippen LogP contribution in [0.25, 0.3) is 0 Å². The van der Waals surface area contributed by atoms with Gasteiger partial charge in [-0.15, -0.1) is 0 Å². The van der Waals surface area contributed by atoms with E-state index in [0.717, 1.165) is 31.4 Å². The molecule has 0 bridgehead atoms. The zero-order valence-corrected chi connectivity index (χ0v) is 30.7. The number of ether oxygens (including phenoxy) is 4. The highest BCUT2D eigenvalue weighted by Crippen LogP contribution is 2.48. The summed E-state index contributed by atoms with van der Waals surface area (Å²) in [5.74, 6) is 2.16. The summed E-state index contributed by atoms with van der Waals surface area (Å²) in [7, 11) is 3.22. The summed E-state index contributed by atoms with van der Waals surface area (Å²) >= 11 is 12.1. The van der Waals surface area contributed by atoms with Gasteiger partial charge in [0.2, 0.25) is 0 Å². The Kier molecular flexibility index (Phi) is 10.0. The van der Waals surface area contributed by atoms with Crippen LogP contribution in [0.4, 0.5) is 4.79 Å². The number of fused-ring (bicyclic) bond motifs is 4. The van der Waals surface area contributed by atoms with Gasteiger partial charge in [-0.3, -0.25) is 14.9 Å². The van der Waals surface area contributed by atoms with Crippen LogP contribution in [0.3, 0.4) is 0 Å². The first-order valence-corrected chi connectivity index (χ1v) is 17.5. The molecular weight excluding hydrogens is 804 g/mol. The van der Waals surface area contributed by atoms with Gasteiger partial charge < -0.3 is 34.9 Å². The molecule has 4 atom stereocenters. The average Bonchev–Trinajstić information content (AvgIpc) is 3.56. The Morgan fingerprint density at radius 3 is 1.57 bits per heavy atom. The van der Waals surface area contributed by atoms with E-state index in [1.165, 1.54) is 0 Å². The van der Waals surface area contributed by atoms with Crippen molar-refractivity contribution >= 4 is 67.0 Å². The third kappa shape index (κ3) is 6.63. The molecule has 14 heteroatoms. The van der Waals surface area contributed by atoms with Crippen molar-refractivity contribution in [1.29, 1.82) is 0 Å². The highest BCUT2D eigenvalue weighted by Gasteiger charge is 2.54. The number of amides is 4. The second-order valence-electron chi connectivity index (χ2n) is 12.1. The number of methoxy groups -OCH3 is 2. The summed E-state index contributed by atoms with van der Waals surface area (Å²) in [5, 5.41) is 11.4. The fourth-order valence-corrected chi connectivity index (χ4v) is 7.74. The van der Waals surface area contributed by atoms with Crippen LogP contribution in [0.15, 0.2) is 93.9 Å². The van der Waals surface area contributed by atoms with Gasteiger partial charge in [0.25, 0.3) is 11.8 Å². The molecule has 4 aromatic carbocycles. The topological polar surface area (TPSA) is 136 Å². The summed E-state index contributed by atoms with van der Waals surface area (Å²) in [4.78, 5) is 37.3. The van der Waals surface area contributed by atoms with E-state index in [4.69, 9.17) is 31.2 Å². The molecule has 2 spiro atoms. The van der Waals surface area contributed by atoms with Gasteiger partial charge in [-0.2, -0.15) is 0 Å². The Labute approximate surface area is 317 Å². The summed E-state index contributed by atoms with van der Waals surface area (Å²) in [6, 6.07) is 25.8. The van der Waals surface area contributed by atoms with E-state index >= 15 is 0 Å². The van der Waals surface area contributed by atoms with E-state index in [9.17, 15) is 14.4 Å². The molecule has 0 aliphatic carbocycles. The predicted octanol–water partition coefficient (Wildman–Crippen LogP) is 6.83. The normalized spacial score (nSPS) is 23.8. The summed E-state index contributed by atoms with van der Waals surface area (Å²) in [6.45, 7) is 0. The Morgan fingerprint density at radius 1 is 0.686 bits per heavy atom. The van der Waals surface area contributed by atoms with E-state index in [-0.39, 0.29) is 25.3 Å². The number of thiocarbonyl (C=S) groups is 1. The smallest absolute Gasteiger partial charge is 0.322 e. The molecule has 4 amide bonds. The largest absolute Gasteiger partial charge is 0.497 e. The maximum absolute atomic E-state index is 12.8. The summed E-state index contributed by atoms with van der Waals surface area (Å²) in [5.41, 5.74) is 1.15. The molecule has 0 radical (unpaired) electrons. The quantitative estimate of drug-likeness (QED) is 0.129. The number of benzene rings is 4. The predicted molar refractivity (Wildman–Crippen MR) is 201 cm³/mol. The highest BCUT2D eigenvalue weighted by atomic mass is 79.9. The van der Waals surface area contributed by atoms with Gasteiger partial charge in [-0.1, -0.05) is 63.6 Å². The Hall–Kier alpha value is -4.66. The summed E-state index contributed by atoms with van der Waals surface area (Å²) < 4.78 is 24.6. The van der Waals surface area contributed by atoms with Crippen molar-refractivity contribution in [1.82, 2.24) is 21.3 Å². The van der Waals surface area contributed by atoms with Crippen molar-refractivity contribution in [3.8, 4) is 23.0 Å². The second-order valence-corrected chi connectivity index (χ2v) is 14.3. The van der Waals surface area contributed by atoms with Crippen molar-refractivity contribution in [2.24, 2.45) is 0 Å². The molecule has 4 aliphatic heterocycles. The average molecular weight is 839 g/mol. The van der Waals surface area contributed by atoms with Crippen LogP contribution in [0, 0.1) is 0 Å². The molecule has 4 aromatic rings. The van der Waals surface area contributed by atoms with E-state index in [1.54, 1.807) is 20.3 Å². The minimum atomic E-state index is -1.15.